The van der Waals surface area contributed by atoms with Gasteiger partial charge in [0.15, 0.2) is 11.6 Å². The number of aromatic nitrogens is 2. The highest BCUT2D eigenvalue weighted by molar-refractivity contribution is 5.48. The maximum Gasteiger partial charge on any atom is 0.258 e. The molecule has 0 saturated heterocycles. The molecule has 0 fully saturated rings. The van der Waals surface area contributed by atoms with Gasteiger partial charge in [0.05, 0.1) is 5.56 Å². The van der Waals surface area contributed by atoms with Crippen molar-refractivity contribution in [3.63, 3.8) is 0 Å². The molecule has 2 rings (SSSR count). The number of furan rings is 1. The normalized spacial score (nSPS) is 10.8. The van der Waals surface area contributed by atoms with Gasteiger partial charge in [-0.2, -0.15) is 4.98 Å². The highest BCUT2D eigenvalue weighted by atomic mass is 16.3. The number of hydrogen-bond donors (Lipinski definition) is 2. The standard InChI is InChI=1S/C13H16N2O3/c1-3-5-9-12(16)14-11(15-13(9)17)10-7-6-8(4-2)18-10/h6-7H,3-5H2,1-2H3,(H2,14,15,16,17). The Morgan fingerprint density at radius 2 is 2.17 bits per heavy atom. The molecule has 0 aliphatic rings. The van der Waals surface area contributed by atoms with Crippen LogP contribution in [0, 0.1) is 0 Å². The zero-order chi connectivity index (χ0) is 13.1. The Morgan fingerprint density at radius 3 is 2.72 bits per heavy atom. The van der Waals surface area contributed by atoms with Crippen molar-refractivity contribution in [3.05, 3.63) is 33.8 Å². The summed E-state index contributed by atoms with van der Waals surface area (Å²) in [5, 5.41) is 9.76. The summed E-state index contributed by atoms with van der Waals surface area (Å²) in [6.45, 7) is 3.91. The van der Waals surface area contributed by atoms with Crippen LogP contribution in [0.4, 0.5) is 0 Å². The molecule has 0 spiro atoms. The quantitative estimate of drug-likeness (QED) is 0.869. The number of aromatic hydroxyl groups is 1. The molecule has 2 aromatic rings. The molecule has 0 aromatic carbocycles. The van der Waals surface area contributed by atoms with E-state index in [4.69, 9.17) is 4.42 Å². The Morgan fingerprint density at radius 1 is 1.39 bits per heavy atom. The van der Waals surface area contributed by atoms with E-state index in [-0.39, 0.29) is 17.3 Å². The Kier molecular flexibility index (Phi) is 3.50. The molecule has 0 bridgehead atoms. The lowest BCUT2D eigenvalue weighted by Gasteiger charge is -2.03. The zero-order valence-corrected chi connectivity index (χ0v) is 10.5. The van der Waals surface area contributed by atoms with Gasteiger partial charge >= 0.3 is 0 Å². The summed E-state index contributed by atoms with van der Waals surface area (Å²) in [4.78, 5) is 18.4. The first kappa shape index (κ1) is 12.4. The van der Waals surface area contributed by atoms with E-state index in [2.05, 4.69) is 9.97 Å². The van der Waals surface area contributed by atoms with E-state index in [0.717, 1.165) is 18.6 Å². The molecule has 0 saturated carbocycles. The second-order valence-corrected chi connectivity index (χ2v) is 4.09. The minimum Gasteiger partial charge on any atom is -0.493 e. The number of aryl methyl sites for hydroxylation is 1. The number of aromatic amines is 1. The van der Waals surface area contributed by atoms with Gasteiger partial charge in [-0.1, -0.05) is 20.3 Å². The molecule has 0 unspecified atom stereocenters. The first-order valence-electron chi connectivity index (χ1n) is 6.07. The van der Waals surface area contributed by atoms with Crippen LogP contribution in [0.3, 0.4) is 0 Å². The van der Waals surface area contributed by atoms with Gasteiger partial charge in [0.25, 0.3) is 5.56 Å². The van der Waals surface area contributed by atoms with Crippen molar-refractivity contribution >= 4 is 0 Å². The Labute approximate surface area is 105 Å². The van der Waals surface area contributed by atoms with Gasteiger partial charge in [0.2, 0.25) is 5.88 Å². The van der Waals surface area contributed by atoms with Crippen molar-refractivity contribution in [3.8, 4) is 17.5 Å². The minimum absolute atomic E-state index is 0.218. The van der Waals surface area contributed by atoms with Crippen LogP contribution in [0.15, 0.2) is 21.3 Å². The highest BCUT2D eigenvalue weighted by Gasteiger charge is 2.13. The maximum absolute atomic E-state index is 11.8. The molecular formula is C13H16N2O3. The monoisotopic (exact) mass is 248 g/mol. The molecule has 5 heteroatoms. The highest BCUT2D eigenvalue weighted by Crippen LogP contribution is 2.21. The van der Waals surface area contributed by atoms with Gasteiger partial charge in [-0.15, -0.1) is 0 Å². The second-order valence-electron chi connectivity index (χ2n) is 4.09. The third-order valence-corrected chi connectivity index (χ3v) is 2.74. The molecule has 0 aliphatic heterocycles. The van der Waals surface area contributed by atoms with Crippen molar-refractivity contribution in [2.75, 3.05) is 0 Å². The maximum atomic E-state index is 11.8. The topological polar surface area (TPSA) is 79.1 Å². The van der Waals surface area contributed by atoms with E-state index in [0.29, 0.717) is 17.7 Å². The van der Waals surface area contributed by atoms with Gasteiger partial charge in [0, 0.05) is 6.42 Å². The largest absolute Gasteiger partial charge is 0.493 e. The average Bonchev–Trinajstić information content (AvgIpc) is 2.82. The van der Waals surface area contributed by atoms with Crippen molar-refractivity contribution in [1.29, 1.82) is 0 Å². The van der Waals surface area contributed by atoms with Crippen molar-refractivity contribution < 1.29 is 9.52 Å². The van der Waals surface area contributed by atoms with Gasteiger partial charge in [-0.3, -0.25) is 4.79 Å². The molecule has 0 atom stereocenters. The van der Waals surface area contributed by atoms with Crippen LogP contribution in [0.1, 0.15) is 31.6 Å². The fraction of sp³-hybridized carbons (Fsp3) is 0.385. The predicted molar refractivity (Wildman–Crippen MR) is 67.6 cm³/mol. The number of rotatable bonds is 4. The van der Waals surface area contributed by atoms with Crippen LogP contribution in [0.5, 0.6) is 5.88 Å². The molecule has 0 aliphatic carbocycles. The third kappa shape index (κ3) is 2.30. The summed E-state index contributed by atoms with van der Waals surface area (Å²) in [6, 6.07) is 3.56. The van der Waals surface area contributed by atoms with Crippen LogP contribution in [-0.4, -0.2) is 15.1 Å². The van der Waals surface area contributed by atoms with Crippen LogP contribution >= 0.6 is 0 Å². The first-order chi connectivity index (χ1) is 8.65. The molecule has 2 N–H and O–H groups in total. The van der Waals surface area contributed by atoms with Crippen LogP contribution in [0.25, 0.3) is 11.6 Å². The van der Waals surface area contributed by atoms with E-state index < -0.39 is 0 Å². The molecule has 0 amide bonds. The lowest BCUT2D eigenvalue weighted by Crippen LogP contribution is -2.14. The smallest absolute Gasteiger partial charge is 0.258 e. The number of hydrogen-bond acceptors (Lipinski definition) is 4. The SMILES string of the molecule is CCCc1c(O)nc(-c2ccc(CC)o2)[nH]c1=O. The van der Waals surface area contributed by atoms with Crippen LogP contribution in [0.2, 0.25) is 0 Å². The van der Waals surface area contributed by atoms with Gasteiger partial charge in [-0.25, -0.2) is 0 Å². The molecule has 0 radical (unpaired) electrons. The summed E-state index contributed by atoms with van der Waals surface area (Å²) in [5.41, 5.74) is 0.0114. The molecule has 18 heavy (non-hydrogen) atoms. The van der Waals surface area contributed by atoms with Crippen LogP contribution < -0.4 is 5.56 Å². The van der Waals surface area contributed by atoms with Crippen molar-refractivity contribution in [2.24, 2.45) is 0 Å². The lowest BCUT2D eigenvalue weighted by molar-refractivity contribution is 0.441. The van der Waals surface area contributed by atoms with Crippen molar-refractivity contribution in [1.82, 2.24) is 9.97 Å². The third-order valence-electron chi connectivity index (χ3n) is 2.74. The molecular weight excluding hydrogens is 232 g/mol. The molecule has 5 nitrogen and oxygen atoms in total. The van der Waals surface area contributed by atoms with Gasteiger partial charge in [-0.05, 0) is 18.6 Å². The number of H-pyrrole nitrogens is 1. The Balaban J connectivity index is 2.44. The van der Waals surface area contributed by atoms with E-state index in [1.807, 2.05) is 19.9 Å². The fourth-order valence-electron chi connectivity index (χ4n) is 1.77. The zero-order valence-electron chi connectivity index (χ0n) is 10.5. The first-order valence-corrected chi connectivity index (χ1v) is 6.07. The van der Waals surface area contributed by atoms with E-state index in [9.17, 15) is 9.90 Å². The van der Waals surface area contributed by atoms with E-state index >= 15 is 0 Å². The van der Waals surface area contributed by atoms with Crippen molar-refractivity contribution in [2.45, 2.75) is 33.1 Å². The summed E-state index contributed by atoms with van der Waals surface area (Å²) < 4.78 is 5.48. The summed E-state index contributed by atoms with van der Waals surface area (Å²) in [7, 11) is 0. The average molecular weight is 248 g/mol. The van der Waals surface area contributed by atoms with Gasteiger partial charge in [0.1, 0.15) is 5.76 Å². The summed E-state index contributed by atoms with van der Waals surface area (Å²) in [6.07, 6.45) is 2.05. The summed E-state index contributed by atoms with van der Waals surface area (Å²) >= 11 is 0. The molecule has 2 heterocycles. The lowest BCUT2D eigenvalue weighted by atomic mass is 10.2. The molecule has 2 aromatic heterocycles. The number of nitrogens with zero attached hydrogens (tertiary/aromatic N) is 1. The van der Waals surface area contributed by atoms with Gasteiger partial charge < -0.3 is 14.5 Å². The fourth-order valence-corrected chi connectivity index (χ4v) is 1.77. The predicted octanol–water partition coefficient (Wildman–Crippen LogP) is 2.25. The number of nitrogens with one attached hydrogen (secondary N) is 1. The minimum atomic E-state index is -0.311. The second kappa shape index (κ2) is 5.08. The van der Waals surface area contributed by atoms with Crippen LogP contribution in [-0.2, 0) is 12.8 Å². The Bertz CT molecular complexity index is 599. The molecule has 96 valence electrons. The van der Waals surface area contributed by atoms with E-state index in [1.54, 1.807) is 6.07 Å². The Hall–Kier alpha value is -2.04. The van der Waals surface area contributed by atoms with E-state index in [1.165, 1.54) is 0 Å². The summed E-state index contributed by atoms with van der Waals surface area (Å²) in [5.74, 6) is 1.31.